The molecule has 0 saturated carbocycles. The topological polar surface area (TPSA) is 79.3 Å². The number of amides is 1. The number of pyridine rings is 1. The van der Waals surface area contributed by atoms with Gasteiger partial charge in [0.15, 0.2) is 0 Å². The summed E-state index contributed by atoms with van der Waals surface area (Å²) >= 11 is 0. The third-order valence-corrected chi connectivity index (χ3v) is 3.57. The Morgan fingerprint density at radius 2 is 1.91 bits per heavy atom. The lowest BCUT2D eigenvalue weighted by Crippen LogP contribution is -2.38. The summed E-state index contributed by atoms with van der Waals surface area (Å²) in [6, 6.07) is 6.80. The Bertz CT molecular complexity index is 732. The number of fused-ring (bicyclic) bond motifs is 1. The molecule has 0 saturated heterocycles. The normalized spacial score (nSPS) is 12.9. The number of carbonyl (C=O) groups excluding carboxylic acids is 1. The van der Waals surface area contributed by atoms with Gasteiger partial charge in [-0.15, -0.1) is 0 Å². The van der Waals surface area contributed by atoms with E-state index in [9.17, 15) is 9.59 Å². The van der Waals surface area contributed by atoms with E-state index >= 15 is 0 Å². The summed E-state index contributed by atoms with van der Waals surface area (Å²) in [4.78, 5) is 27.3. The fraction of sp³-hybridized carbons (Fsp3) is 0.353. The lowest BCUT2D eigenvalue weighted by molar-refractivity contribution is -0.138. The van der Waals surface area contributed by atoms with Crippen LogP contribution in [-0.2, 0) is 10.2 Å². The second-order valence-corrected chi connectivity index (χ2v) is 6.38. The smallest absolute Gasteiger partial charge is 0.325 e. The van der Waals surface area contributed by atoms with Crippen LogP contribution in [-0.4, -0.2) is 28.0 Å². The summed E-state index contributed by atoms with van der Waals surface area (Å²) in [5.41, 5.74) is 1.29. The molecule has 2 rings (SSSR count). The zero-order valence-electron chi connectivity index (χ0n) is 13.2. The van der Waals surface area contributed by atoms with Gasteiger partial charge >= 0.3 is 5.97 Å². The van der Waals surface area contributed by atoms with Crippen molar-refractivity contribution in [2.75, 3.05) is 0 Å². The monoisotopic (exact) mass is 300 g/mol. The first-order valence-electron chi connectivity index (χ1n) is 7.13. The largest absolute Gasteiger partial charge is 0.480 e. The van der Waals surface area contributed by atoms with Crippen LogP contribution in [0, 0.1) is 0 Å². The van der Waals surface area contributed by atoms with Crippen LogP contribution in [0.4, 0.5) is 0 Å². The molecule has 0 aliphatic rings. The van der Waals surface area contributed by atoms with E-state index in [0.29, 0.717) is 0 Å². The minimum absolute atomic E-state index is 0.0495. The van der Waals surface area contributed by atoms with Gasteiger partial charge in [-0.3, -0.25) is 14.6 Å². The van der Waals surface area contributed by atoms with Crippen molar-refractivity contribution >= 4 is 22.6 Å². The van der Waals surface area contributed by atoms with Gasteiger partial charge in [-0.1, -0.05) is 32.9 Å². The average molecular weight is 300 g/mol. The molecule has 0 aliphatic carbocycles. The van der Waals surface area contributed by atoms with E-state index in [1.807, 2.05) is 24.3 Å². The van der Waals surface area contributed by atoms with Crippen LogP contribution in [0.1, 0.15) is 43.7 Å². The van der Waals surface area contributed by atoms with E-state index in [1.54, 1.807) is 6.20 Å². The molecule has 116 valence electrons. The minimum atomic E-state index is -1.08. The van der Waals surface area contributed by atoms with Crippen LogP contribution in [0.2, 0.25) is 0 Å². The fourth-order valence-electron chi connectivity index (χ4n) is 2.14. The van der Waals surface area contributed by atoms with Crippen LogP contribution in [0.25, 0.3) is 10.8 Å². The quantitative estimate of drug-likeness (QED) is 0.913. The summed E-state index contributed by atoms with van der Waals surface area (Å²) in [5, 5.41) is 13.0. The van der Waals surface area contributed by atoms with Gasteiger partial charge in [0.05, 0.1) is 0 Å². The average Bonchev–Trinajstić information content (AvgIpc) is 2.44. The van der Waals surface area contributed by atoms with E-state index < -0.39 is 17.9 Å². The molecule has 0 fully saturated rings. The summed E-state index contributed by atoms with van der Waals surface area (Å²) < 4.78 is 0. The Hall–Kier alpha value is -2.43. The predicted octanol–water partition coefficient (Wildman–Crippen LogP) is 2.74. The summed E-state index contributed by atoms with van der Waals surface area (Å²) in [6.07, 6.45) is 1.56. The molecule has 22 heavy (non-hydrogen) atoms. The van der Waals surface area contributed by atoms with E-state index in [-0.39, 0.29) is 11.1 Å². The zero-order chi connectivity index (χ0) is 16.5. The molecule has 2 aromatic rings. The fourth-order valence-corrected chi connectivity index (χ4v) is 2.14. The maximum Gasteiger partial charge on any atom is 0.325 e. The number of hydrogen-bond donors (Lipinski definition) is 2. The third kappa shape index (κ3) is 3.24. The molecule has 5 heteroatoms. The zero-order valence-corrected chi connectivity index (χ0v) is 13.2. The summed E-state index contributed by atoms with van der Waals surface area (Å²) in [5.74, 6) is -1.56. The van der Waals surface area contributed by atoms with Crippen molar-refractivity contribution in [3.63, 3.8) is 0 Å². The molecule has 2 N–H and O–H groups in total. The first-order valence-corrected chi connectivity index (χ1v) is 7.13. The molecule has 1 aromatic carbocycles. The Morgan fingerprint density at radius 3 is 2.50 bits per heavy atom. The number of aliphatic carboxylic acids is 1. The van der Waals surface area contributed by atoms with Crippen molar-refractivity contribution in [3.05, 3.63) is 41.7 Å². The van der Waals surface area contributed by atoms with Gasteiger partial charge in [-0.05, 0) is 35.4 Å². The number of nitrogens with zero attached hydrogens (tertiary/aromatic N) is 1. The highest BCUT2D eigenvalue weighted by Crippen LogP contribution is 2.27. The highest BCUT2D eigenvalue weighted by atomic mass is 16.4. The number of hydrogen-bond acceptors (Lipinski definition) is 3. The number of aromatic nitrogens is 1. The Balaban J connectivity index is 2.49. The standard InChI is InChI=1S/C17H20N2O3/c1-10(16(21)22)19-15(20)14-13-9-12(17(2,3)4)6-5-11(13)7-8-18-14/h5-10H,1-4H3,(H,19,20)(H,21,22). The first kappa shape index (κ1) is 15.9. The van der Waals surface area contributed by atoms with Gasteiger partial charge < -0.3 is 10.4 Å². The number of nitrogens with one attached hydrogen (secondary N) is 1. The summed E-state index contributed by atoms with van der Waals surface area (Å²) in [7, 11) is 0. The SMILES string of the molecule is CC(NC(=O)c1nccc2ccc(C(C)(C)C)cc12)C(=O)O. The van der Waals surface area contributed by atoms with Crippen LogP contribution in [0.15, 0.2) is 30.5 Å². The van der Waals surface area contributed by atoms with Gasteiger partial charge in [-0.25, -0.2) is 0 Å². The number of benzene rings is 1. The number of carboxylic acid groups (broad SMARTS) is 1. The molecule has 1 amide bonds. The Kier molecular flexibility index (Phi) is 4.17. The van der Waals surface area contributed by atoms with Crippen LogP contribution < -0.4 is 5.32 Å². The van der Waals surface area contributed by atoms with Gasteiger partial charge in [0.2, 0.25) is 0 Å². The molecule has 0 bridgehead atoms. The van der Waals surface area contributed by atoms with Crippen molar-refractivity contribution in [1.29, 1.82) is 0 Å². The molecule has 1 heterocycles. The van der Waals surface area contributed by atoms with Crippen molar-refractivity contribution in [2.24, 2.45) is 0 Å². The van der Waals surface area contributed by atoms with Crippen LogP contribution in [0.3, 0.4) is 0 Å². The lowest BCUT2D eigenvalue weighted by Gasteiger charge is -2.20. The minimum Gasteiger partial charge on any atom is -0.480 e. The second kappa shape index (κ2) is 5.75. The van der Waals surface area contributed by atoms with Crippen molar-refractivity contribution in [3.8, 4) is 0 Å². The van der Waals surface area contributed by atoms with Crippen LogP contribution >= 0.6 is 0 Å². The lowest BCUT2D eigenvalue weighted by atomic mass is 9.86. The highest BCUT2D eigenvalue weighted by molar-refractivity contribution is 6.06. The first-order chi connectivity index (χ1) is 10.2. The number of carbonyl (C=O) groups is 2. The molecule has 1 unspecified atom stereocenters. The number of carboxylic acids is 1. The van der Waals surface area contributed by atoms with Crippen molar-refractivity contribution in [1.82, 2.24) is 10.3 Å². The maximum absolute atomic E-state index is 12.3. The Labute approximate surface area is 129 Å². The molecule has 1 aromatic heterocycles. The van der Waals surface area contributed by atoms with Gasteiger partial charge in [0, 0.05) is 11.6 Å². The highest BCUT2D eigenvalue weighted by Gasteiger charge is 2.20. The van der Waals surface area contributed by atoms with Gasteiger partial charge in [-0.2, -0.15) is 0 Å². The molecule has 5 nitrogen and oxygen atoms in total. The third-order valence-electron chi connectivity index (χ3n) is 3.57. The maximum atomic E-state index is 12.3. The van der Waals surface area contributed by atoms with Gasteiger partial charge in [0.1, 0.15) is 11.7 Å². The van der Waals surface area contributed by atoms with Gasteiger partial charge in [0.25, 0.3) is 5.91 Å². The van der Waals surface area contributed by atoms with E-state index in [4.69, 9.17) is 5.11 Å². The van der Waals surface area contributed by atoms with Crippen molar-refractivity contribution in [2.45, 2.75) is 39.2 Å². The van der Waals surface area contributed by atoms with E-state index in [1.165, 1.54) is 6.92 Å². The molecular weight excluding hydrogens is 280 g/mol. The van der Waals surface area contributed by atoms with E-state index in [0.717, 1.165) is 16.3 Å². The predicted molar refractivity (Wildman–Crippen MR) is 85.0 cm³/mol. The second-order valence-electron chi connectivity index (χ2n) is 6.38. The summed E-state index contributed by atoms with van der Waals surface area (Å²) in [6.45, 7) is 7.70. The number of rotatable bonds is 3. The van der Waals surface area contributed by atoms with E-state index in [2.05, 4.69) is 31.1 Å². The molecular formula is C17H20N2O3. The molecule has 0 radical (unpaired) electrons. The van der Waals surface area contributed by atoms with Crippen molar-refractivity contribution < 1.29 is 14.7 Å². The molecule has 1 atom stereocenters. The Morgan fingerprint density at radius 1 is 1.23 bits per heavy atom. The van der Waals surface area contributed by atoms with Crippen LogP contribution in [0.5, 0.6) is 0 Å². The molecule has 0 aliphatic heterocycles. The molecule has 0 spiro atoms.